The summed E-state index contributed by atoms with van der Waals surface area (Å²) in [6.45, 7) is 0. The van der Waals surface area contributed by atoms with Crippen LogP contribution in [-0.4, -0.2) is 41.0 Å². The van der Waals surface area contributed by atoms with Gasteiger partial charge in [-0.05, 0) is 43.4 Å². The van der Waals surface area contributed by atoms with Crippen molar-refractivity contribution in [3.05, 3.63) is 34.6 Å². The SMILES string of the molecule is CN1C(=O)CC(NC2CCC(C(=O)O)CC2)C1c1ccc(Cl)c(F)c1. The van der Waals surface area contributed by atoms with Crippen molar-refractivity contribution in [2.24, 2.45) is 5.92 Å². The molecule has 25 heavy (non-hydrogen) atoms. The fourth-order valence-corrected chi connectivity index (χ4v) is 4.10. The topological polar surface area (TPSA) is 69.6 Å². The van der Waals surface area contributed by atoms with Gasteiger partial charge in [-0.15, -0.1) is 0 Å². The van der Waals surface area contributed by atoms with E-state index < -0.39 is 11.8 Å². The number of aliphatic carboxylic acids is 1. The molecule has 3 rings (SSSR count). The van der Waals surface area contributed by atoms with E-state index in [-0.39, 0.29) is 35.0 Å². The molecule has 0 radical (unpaired) electrons. The standard InChI is InChI=1S/C18H22ClFN2O3/c1-22-16(23)9-15(17(22)11-4-7-13(19)14(20)8-11)21-12-5-2-10(3-6-12)18(24)25/h4,7-8,10,12,15,17,21H,2-3,5-6,9H2,1H3,(H,24,25). The molecule has 1 aromatic carbocycles. The van der Waals surface area contributed by atoms with Crippen LogP contribution in [0.3, 0.4) is 0 Å². The smallest absolute Gasteiger partial charge is 0.306 e. The third kappa shape index (κ3) is 3.80. The molecule has 0 spiro atoms. The maximum absolute atomic E-state index is 13.8. The number of hydrogen-bond acceptors (Lipinski definition) is 3. The summed E-state index contributed by atoms with van der Waals surface area (Å²) in [5, 5.41) is 12.7. The van der Waals surface area contributed by atoms with Crippen LogP contribution in [0, 0.1) is 11.7 Å². The molecular weight excluding hydrogens is 347 g/mol. The molecule has 1 aromatic rings. The molecular formula is C18H22ClFN2O3. The summed E-state index contributed by atoms with van der Waals surface area (Å²) in [4.78, 5) is 24.9. The van der Waals surface area contributed by atoms with Gasteiger partial charge in [0, 0.05) is 25.6 Å². The van der Waals surface area contributed by atoms with E-state index >= 15 is 0 Å². The minimum atomic E-state index is -0.733. The van der Waals surface area contributed by atoms with Gasteiger partial charge < -0.3 is 15.3 Å². The van der Waals surface area contributed by atoms with Crippen molar-refractivity contribution in [1.29, 1.82) is 0 Å². The number of nitrogens with one attached hydrogen (secondary N) is 1. The second kappa shape index (κ2) is 7.30. The number of rotatable bonds is 4. The lowest BCUT2D eigenvalue weighted by atomic mass is 9.85. The van der Waals surface area contributed by atoms with Gasteiger partial charge in [0.15, 0.2) is 0 Å². The van der Waals surface area contributed by atoms with E-state index in [1.165, 1.54) is 12.1 Å². The molecule has 5 nitrogen and oxygen atoms in total. The van der Waals surface area contributed by atoms with Crippen molar-refractivity contribution in [3.8, 4) is 0 Å². The molecule has 1 saturated carbocycles. The molecule has 2 atom stereocenters. The first kappa shape index (κ1) is 18.1. The predicted molar refractivity (Wildman–Crippen MR) is 91.8 cm³/mol. The maximum Gasteiger partial charge on any atom is 0.306 e. The normalized spacial score (nSPS) is 29.9. The molecule has 2 N–H and O–H groups in total. The van der Waals surface area contributed by atoms with Crippen LogP contribution in [0.1, 0.15) is 43.7 Å². The van der Waals surface area contributed by atoms with Crippen molar-refractivity contribution in [3.63, 3.8) is 0 Å². The van der Waals surface area contributed by atoms with Crippen molar-refractivity contribution < 1.29 is 19.1 Å². The Morgan fingerprint density at radius 2 is 2.00 bits per heavy atom. The highest BCUT2D eigenvalue weighted by Gasteiger charge is 2.40. The van der Waals surface area contributed by atoms with Crippen molar-refractivity contribution in [2.45, 2.75) is 50.2 Å². The van der Waals surface area contributed by atoms with Gasteiger partial charge in [0.25, 0.3) is 0 Å². The molecule has 2 fully saturated rings. The first-order valence-electron chi connectivity index (χ1n) is 8.56. The second-order valence-corrected chi connectivity index (χ2v) is 7.39. The van der Waals surface area contributed by atoms with Crippen LogP contribution in [0.5, 0.6) is 0 Å². The largest absolute Gasteiger partial charge is 0.481 e. The Morgan fingerprint density at radius 1 is 1.32 bits per heavy atom. The molecule has 136 valence electrons. The lowest BCUT2D eigenvalue weighted by Gasteiger charge is -2.32. The zero-order valence-corrected chi connectivity index (χ0v) is 14.8. The molecule has 0 bridgehead atoms. The van der Waals surface area contributed by atoms with Gasteiger partial charge >= 0.3 is 5.97 Å². The van der Waals surface area contributed by atoms with E-state index in [2.05, 4.69) is 5.32 Å². The first-order chi connectivity index (χ1) is 11.9. The third-order valence-corrected chi connectivity index (χ3v) is 5.70. The number of carbonyl (C=O) groups is 2. The summed E-state index contributed by atoms with van der Waals surface area (Å²) >= 11 is 5.76. The van der Waals surface area contributed by atoms with Gasteiger partial charge in [0.1, 0.15) is 5.82 Å². The van der Waals surface area contributed by atoms with Gasteiger partial charge in [-0.3, -0.25) is 9.59 Å². The number of likely N-dealkylation sites (tertiary alicyclic amines) is 1. The fraction of sp³-hybridized carbons (Fsp3) is 0.556. The Kier molecular flexibility index (Phi) is 5.29. The molecule has 0 aromatic heterocycles. The van der Waals surface area contributed by atoms with E-state index in [0.717, 1.165) is 12.8 Å². The van der Waals surface area contributed by atoms with E-state index in [9.17, 15) is 14.0 Å². The monoisotopic (exact) mass is 368 g/mol. The number of likely N-dealkylation sites (N-methyl/N-ethyl adjacent to an activating group) is 1. The van der Waals surface area contributed by atoms with Crippen LogP contribution in [-0.2, 0) is 9.59 Å². The Morgan fingerprint density at radius 3 is 2.60 bits per heavy atom. The summed E-state index contributed by atoms with van der Waals surface area (Å²) in [6, 6.07) is 4.46. The van der Waals surface area contributed by atoms with Crippen LogP contribution in [0.4, 0.5) is 4.39 Å². The van der Waals surface area contributed by atoms with Crippen LogP contribution < -0.4 is 5.32 Å². The Balaban J connectivity index is 1.72. The highest BCUT2D eigenvalue weighted by atomic mass is 35.5. The summed E-state index contributed by atoms with van der Waals surface area (Å²) in [5.74, 6) is -1.49. The van der Waals surface area contributed by atoms with Gasteiger partial charge in [-0.25, -0.2) is 4.39 Å². The maximum atomic E-state index is 13.8. The van der Waals surface area contributed by atoms with E-state index in [1.54, 1.807) is 18.0 Å². The van der Waals surface area contributed by atoms with Gasteiger partial charge in [-0.2, -0.15) is 0 Å². The zero-order valence-electron chi connectivity index (χ0n) is 14.0. The predicted octanol–water partition coefficient (Wildman–Crippen LogP) is 2.98. The number of hydrogen-bond donors (Lipinski definition) is 2. The number of carbonyl (C=O) groups excluding carboxylic acids is 1. The second-order valence-electron chi connectivity index (χ2n) is 6.99. The highest BCUT2D eigenvalue weighted by Crippen LogP contribution is 2.35. The van der Waals surface area contributed by atoms with Crippen LogP contribution in [0.2, 0.25) is 5.02 Å². The van der Waals surface area contributed by atoms with Crippen LogP contribution in [0.25, 0.3) is 0 Å². The lowest BCUT2D eigenvalue weighted by Crippen LogP contribution is -2.43. The molecule has 1 aliphatic carbocycles. The quantitative estimate of drug-likeness (QED) is 0.857. The number of carboxylic acids is 1. The number of carboxylic acid groups (broad SMARTS) is 1. The molecule has 2 aliphatic rings. The number of nitrogens with zero attached hydrogens (tertiary/aromatic N) is 1. The molecule has 1 aliphatic heterocycles. The average molecular weight is 369 g/mol. The number of halogens is 2. The summed E-state index contributed by atoms with van der Waals surface area (Å²) < 4.78 is 13.8. The van der Waals surface area contributed by atoms with Crippen molar-refractivity contribution in [2.75, 3.05) is 7.05 Å². The van der Waals surface area contributed by atoms with Crippen LogP contribution in [0.15, 0.2) is 18.2 Å². The fourth-order valence-electron chi connectivity index (χ4n) is 3.98. The Labute approximate surface area is 151 Å². The molecule has 1 saturated heterocycles. The van der Waals surface area contributed by atoms with E-state index in [1.807, 2.05) is 0 Å². The van der Waals surface area contributed by atoms with E-state index in [4.69, 9.17) is 16.7 Å². The van der Waals surface area contributed by atoms with Gasteiger partial charge in [0.2, 0.25) is 5.91 Å². The average Bonchev–Trinajstić information content (AvgIpc) is 2.85. The summed E-state index contributed by atoms with van der Waals surface area (Å²) in [5.41, 5.74) is 0.715. The van der Waals surface area contributed by atoms with E-state index in [0.29, 0.717) is 24.8 Å². The molecule has 1 amide bonds. The zero-order chi connectivity index (χ0) is 18.1. The van der Waals surface area contributed by atoms with Crippen LogP contribution >= 0.6 is 11.6 Å². The summed E-state index contributed by atoms with van der Waals surface area (Å²) in [6.07, 6.45) is 3.18. The minimum absolute atomic E-state index is 0.0112. The van der Waals surface area contributed by atoms with Gasteiger partial charge in [0.05, 0.1) is 17.0 Å². The Bertz CT molecular complexity index is 676. The highest BCUT2D eigenvalue weighted by molar-refractivity contribution is 6.30. The first-order valence-corrected chi connectivity index (χ1v) is 8.94. The number of benzene rings is 1. The van der Waals surface area contributed by atoms with Gasteiger partial charge in [-0.1, -0.05) is 17.7 Å². The lowest BCUT2D eigenvalue weighted by molar-refractivity contribution is -0.142. The third-order valence-electron chi connectivity index (χ3n) is 5.40. The summed E-state index contributed by atoms with van der Waals surface area (Å²) in [7, 11) is 1.72. The molecule has 7 heteroatoms. The Hall–Kier alpha value is -1.66. The van der Waals surface area contributed by atoms with Crippen molar-refractivity contribution >= 4 is 23.5 Å². The minimum Gasteiger partial charge on any atom is -0.481 e. The molecule has 2 unspecified atom stereocenters. The molecule has 1 heterocycles. The number of amides is 1. The van der Waals surface area contributed by atoms with Crippen molar-refractivity contribution in [1.82, 2.24) is 10.2 Å².